The average Bonchev–Trinajstić information content (AvgIpc) is 2.33. The van der Waals surface area contributed by atoms with Crippen LogP contribution in [0.4, 0.5) is 0 Å². The molecule has 17 heavy (non-hydrogen) atoms. The predicted molar refractivity (Wildman–Crippen MR) is 64.8 cm³/mol. The van der Waals surface area contributed by atoms with E-state index in [2.05, 4.69) is 10.3 Å². The summed E-state index contributed by atoms with van der Waals surface area (Å²) in [6.07, 6.45) is 6.41. The van der Waals surface area contributed by atoms with Crippen molar-refractivity contribution in [3.8, 4) is 12.3 Å². The smallest absolute Gasteiger partial charge is 0.372 e. The minimum absolute atomic E-state index is 0.410. The molecule has 0 atom stereocenters. The number of benzene rings is 1. The SMILES string of the molecule is C#CCCCn1c(=O)oc(=O)c2ccccc21. The molecule has 0 aliphatic carbocycles. The Balaban J connectivity index is 2.58. The molecule has 2 aromatic rings. The molecule has 2 rings (SSSR count). The van der Waals surface area contributed by atoms with Gasteiger partial charge in [0.15, 0.2) is 0 Å². The predicted octanol–water partition coefficient (Wildman–Crippen LogP) is 1.37. The van der Waals surface area contributed by atoms with Gasteiger partial charge in [-0.15, -0.1) is 12.3 Å². The summed E-state index contributed by atoms with van der Waals surface area (Å²) < 4.78 is 6.09. The summed E-state index contributed by atoms with van der Waals surface area (Å²) in [6.45, 7) is 0.452. The summed E-state index contributed by atoms with van der Waals surface area (Å²) in [5.74, 6) is 1.88. The number of aromatic nitrogens is 1. The zero-order valence-electron chi connectivity index (χ0n) is 9.18. The number of rotatable bonds is 3. The number of para-hydroxylation sites is 1. The Morgan fingerprint density at radius 3 is 2.82 bits per heavy atom. The molecule has 0 saturated carbocycles. The van der Waals surface area contributed by atoms with Crippen LogP contribution in [0.2, 0.25) is 0 Å². The highest BCUT2D eigenvalue weighted by molar-refractivity contribution is 5.77. The Labute approximate surface area is 97.5 Å². The summed E-state index contributed by atoms with van der Waals surface area (Å²) in [7, 11) is 0. The molecule has 4 heteroatoms. The largest absolute Gasteiger partial charge is 0.422 e. The summed E-state index contributed by atoms with van der Waals surface area (Å²) in [4.78, 5) is 23.1. The van der Waals surface area contributed by atoms with Crippen LogP contribution in [0, 0.1) is 12.3 Å². The number of nitrogens with zero attached hydrogens (tertiary/aromatic N) is 1. The first-order valence-corrected chi connectivity index (χ1v) is 5.30. The van der Waals surface area contributed by atoms with Crippen molar-refractivity contribution in [2.45, 2.75) is 19.4 Å². The highest BCUT2D eigenvalue weighted by Gasteiger charge is 2.07. The molecule has 0 amide bonds. The van der Waals surface area contributed by atoms with Gasteiger partial charge in [0.05, 0.1) is 10.9 Å². The highest BCUT2D eigenvalue weighted by atomic mass is 16.4. The van der Waals surface area contributed by atoms with Crippen molar-refractivity contribution in [3.05, 3.63) is 45.2 Å². The average molecular weight is 229 g/mol. The van der Waals surface area contributed by atoms with Gasteiger partial charge in [-0.25, -0.2) is 9.59 Å². The number of hydrogen-bond donors (Lipinski definition) is 0. The highest BCUT2D eigenvalue weighted by Crippen LogP contribution is 2.08. The van der Waals surface area contributed by atoms with E-state index in [0.717, 1.165) is 0 Å². The van der Waals surface area contributed by atoms with E-state index in [9.17, 15) is 9.59 Å². The van der Waals surface area contributed by atoms with Crippen LogP contribution in [0.25, 0.3) is 10.9 Å². The van der Waals surface area contributed by atoms with Crippen LogP contribution in [-0.4, -0.2) is 4.57 Å². The minimum atomic E-state index is -0.634. The number of fused-ring (bicyclic) bond motifs is 1. The lowest BCUT2D eigenvalue weighted by Gasteiger charge is -2.06. The van der Waals surface area contributed by atoms with Gasteiger partial charge < -0.3 is 4.42 Å². The Morgan fingerprint density at radius 2 is 2.06 bits per heavy atom. The topological polar surface area (TPSA) is 52.2 Å². The summed E-state index contributed by atoms with van der Waals surface area (Å²) in [5.41, 5.74) is -0.00966. The fraction of sp³-hybridized carbons (Fsp3) is 0.231. The van der Waals surface area contributed by atoms with Crippen molar-refractivity contribution < 1.29 is 4.42 Å². The van der Waals surface area contributed by atoms with Gasteiger partial charge in [0, 0.05) is 13.0 Å². The van der Waals surface area contributed by atoms with E-state index < -0.39 is 11.4 Å². The number of terminal acetylenes is 1. The third kappa shape index (κ3) is 2.13. The van der Waals surface area contributed by atoms with Crippen LogP contribution >= 0.6 is 0 Å². The normalized spacial score (nSPS) is 10.3. The second-order valence-corrected chi connectivity index (χ2v) is 3.63. The fourth-order valence-electron chi connectivity index (χ4n) is 1.72. The second-order valence-electron chi connectivity index (χ2n) is 3.63. The van der Waals surface area contributed by atoms with Crippen LogP contribution < -0.4 is 11.4 Å². The summed E-state index contributed by atoms with van der Waals surface area (Å²) in [5, 5.41) is 0.410. The van der Waals surface area contributed by atoms with Gasteiger partial charge in [0.2, 0.25) is 0 Å². The van der Waals surface area contributed by atoms with Gasteiger partial charge in [0.25, 0.3) is 0 Å². The molecule has 1 aromatic heterocycles. The summed E-state index contributed by atoms with van der Waals surface area (Å²) in [6, 6.07) is 6.87. The molecule has 0 aliphatic rings. The van der Waals surface area contributed by atoms with Crippen molar-refractivity contribution in [2.24, 2.45) is 0 Å². The van der Waals surface area contributed by atoms with Crippen molar-refractivity contribution >= 4 is 10.9 Å². The molecule has 0 saturated heterocycles. The maximum Gasteiger partial charge on any atom is 0.422 e. The molecular weight excluding hydrogens is 218 g/mol. The molecule has 1 aromatic carbocycles. The standard InChI is InChI=1S/C13H11NO3/c1-2-3-6-9-14-11-8-5-4-7-10(11)12(15)17-13(14)16/h1,4-5,7-8H,3,6,9H2. The molecule has 0 spiro atoms. The van der Waals surface area contributed by atoms with Crippen molar-refractivity contribution in [3.63, 3.8) is 0 Å². The molecule has 1 heterocycles. The molecule has 0 fully saturated rings. The zero-order chi connectivity index (χ0) is 12.3. The molecule has 0 N–H and O–H groups in total. The van der Waals surface area contributed by atoms with Crippen LogP contribution in [0.1, 0.15) is 12.8 Å². The molecule has 4 nitrogen and oxygen atoms in total. The van der Waals surface area contributed by atoms with Gasteiger partial charge in [0.1, 0.15) is 0 Å². The second kappa shape index (κ2) is 4.71. The van der Waals surface area contributed by atoms with Crippen molar-refractivity contribution in [1.82, 2.24) is 4.57 Å². The van der Waals surface area contributed by atoms with Gasteiger partial charge in [-0.2, -0.15) is 0 Å². The van der Waals surface area contributed by atoms with E-state index in [1.54, 1.807) is 24.3 Å². The minimum Gasteiger partial charge on any atom is -0.372 e. The van der Waals surface area contributed by atoms with Crippen LogP contribution in [0.3, 0.4) is 0 Å². The van der Waals surface area contributed by atoms with Gasteiger partial charge in [-0.05, 0) is 18.6 Å². The number of unbranched alkanes of at least 4 members (excludes halogenated alkanes) is 1. The first-order chi connectivity index (χ1) is 8.24. The molecule has 0 radical (unpaired) electrons. The van der Waals surface area contributed by atoms with E-state index >= 15 is 0 Å². The Morgan fingerprint density at radius 1 is 1.29 bits per heavy atom. The molecular formula is C13H11NO3. The molecule has 0 bridgehead atoms. The first kappa shape index (κ1) is 11.2. The quantitative estimate of drug-likeness (QED) is 0.590. The van der Waals surface area contributed by atoms with Crippen molar-refractivity contribution in [1.29, 1.82) is 0 Å². The van der Waals surface area contributed by atoms with Gasteiger partial charge >= 0.3 is 11.4 Å². The lowest BCUT2D eigenvalue weighted by molar-refractivity contribution is 0.413. The maximum atomic E-state index is 11.6. The Kier molecular flexibility index (Phi) is 3.10. The third-order valence-corrected chi connectivity index (χ3v) is 2.52. The Hall–Kier alpha value is -2.28. The maximum absolute atomic E-state index is 11.6. The van der Waals surface area contributed by atoms with E-state index in [1.807, 2.05) is 0 Å². The van der Waals surface area contributed by atoms with Crippen molar-refractivity contribution in [2.75, 3.05) is 0 Å². The van der Waals surface area contributed by atoms with E-state index in [-0.39, 0.29) is 0 Å². The molecule has 0 aliphatic heterocycles. The lowest BCUT2D eigenvalue weighted by Crippen LogP contribution is -2.25. The fourth-order valence-corrected chi connectivity index (χ4v) is 1.72. The van der Waals surface area contributed by atoms with Gasteiger partial charge in [-0.3, -0.25) is 4.57 Å². The monoisotopic (exact) mass is 229 g/mol. The molecule has 86 valence electrons. The van der Waals surface area contributed by atoms with E-state index in [4.69, 9.17) is 6.42 Å². The Bertz CT molecular complexity index is 688. The van der Waals surface area contributed by atoms with Crippen LogP contribution in [0.5, 0.6) is 0 Å². The number of hydrogen-bond acceptors (Lipinski definition) is 3. The third-order valence-electron chi connectivity index (χ3n) is 2.52. The van der Waals surface area contributed by atoms with E-state index in [1.165, 1.54) is 4.57 Å². The van der Waals surface area contributed by atoms with Crippen LogP contribution in [-0.2, 0) is 6.54 Å². The molecule has 0 unspecified atom stereocenters. The zero-order valence-corrected chi connectivity index (χ0v) is 9.18. The lowest BCUT2D eigenvalue weighted by atomic mass is 10.2. The summed E-state index contributed by atoms with van der Waals surface area (Å²) >= 11 is 0. The first-order valence-electron chi connectivity index (χ1n) is 5.30. The number of aryl methyl sites for hydroxylation is 1. The van der Waals surface area contributed by atoms with Crippen LogP contribution in [0.15, 0.2) is 38.3 Å². The van der Waals surface area contributed by atoms with E-state index in [0.29, 0.717) is 30.3 Å². The van der Waals surface area contributed by atoms with Gasteiger partial charge in [-0.1, -0.05) is 12.1 Å².